The van der Waals surface area contributed by atoms with Crippen LogP contribution in [-0.4, -0.2) is 0 Å². The summed E-state index contributed by atoms with van der Waals surface area (Å²) < 4.78 is 0. The monoisotopic (exact) mass is 337 g/mol. The molecule has 24 heavy (non-hydrogen) atoms. The standard InChI is InChI=1S/C24H49/c1-3-5-7-9-11-13-15-17-19-21-23-24-22-20-18-16-14-12-10-8-6-4-2/h15H,3-14,16-24H2,1-2H3. The summed E-state index contributed by atoms with van der Waals surface area (Å²) in [6.45, 7) is 4.59. The van der Waals surface area contributed by atoms with Crippen LogP contribution in [0, 0.1) is 6.42 Å². The summed E-state index contributed by atoms with van der Waals surface area (Å²) in [5.74, 6) is 0. The third-order valence-electron chi connectivity index (χ3n) is 5.27. The van der Waals surface area contributed by atoms with Crippen molar-refractivity contribution >= 4 is 0 Å². The first kappa shape index (κ1) is 24.0. The number of rotatable bonds is 21. The Morgan fingerprint density at radius 3 is 0.875 bits per heavy atom. The first-order valence-electron chi connectivity index (χ1n) is 11.7. The van der Waals surface area contributed by atoms with Crippen molar-refractivity contribution < 1.29 is 0 Å². The molecular weight excluding hydrogens is 288 g/mol. The molecule has 0 aliphatic heterocycles. The average Bonchev–Trinajstić information content (AvgIpc) is 2.60. The maximum Gasteiger partial charge on any atom is -0.0386 e. The number of hydrogen-bond donors (Lipinski definition) is 0. The van der Waals surface area contributed by atoms with Gasteiger partial charge in [0.15, 0.2) is 0 Å². The Morgan fingerprint density at radius 2 is 0.583 bits per heavy atom. The van der Waals surface area contributed by atoms with Crippen molar-refractivity contribution in [2.75, 3.05) is 0 Å². The molecule has 0 heteroatoms. The lowest BCUT2D eigenvalue weighted by atomic mass is 10.0. The van der Waals surface area contributed by atoms with E-state index < -0.39 is 0 Å². The molecule has 0 aliphatic carbocycles. The zero-order valence-electron chi connectivity index (χ0n) is 17.4. The van der Waals surface area contributed by atoms with Crippen LogP contribution in [0.2, 0.25) is 0 Å². The highest BCUT2D eigenvalue weighted by molar-refractivity contribution is 4.64. The van der Waals surface area contributed by atoms with Crippen LogP contribution in [-0.2, 0) is 0 Å². The molecule has 0 fully saturated rings. The lowest BCUT2D eigenvalue weighted by Crippen LogP contribution is -1.84. The van der Waals surface area contributed by atoms with Gasteiger partial charge in [-0.3, -0.25) is 0 Å². The van der Waals surface area contributed by atoms with E-state index >= 15 is 0 Å². The van der Waals surface area contributed by atoms with Gasteiger partial charge < -0.3 is 0 Å². The molecule has 0 heterocycles. The third kappa shape index (κ3) is 22.0. The average molecular weight is 338 g/mol. The van der Waals surface area contributed by atoms with Gasteiger partial charge in [-0.2, -0.15) is 0 Å². The summed E-state index contributed by atoms with van der Waals surface area (Å²) in [7, 11) is 0. The van der Waals surface area contributed by atoms with E-state index in [9.17, 15) is 0 Å². The topological polar surface area (TPSA) is 0 Å². The van der Waals surface area contributed by atoms with Gasteiger partial charge in [0.25, 0.3) is 0 Å². The molecule has 0 aliphatic rings. The predicted molar refractivity (Wildman–Crippen MR) is 113 cm³/mol. The molecule has 0 bridgehead atoms. The normalized spacial score (nSPS) is 11.2. The highest BCUT2D eigenvalue weighted by Gasteiger charge is 1.95. The van der Waals surface area contributed by atoms with Gasteiger partial charge in [-0.15, -0.1) is 0 Å². The van der Waals surface area contributed by atoms with Crippen molar-refractivity contribution in [2.24, 2.45) is 0 Å². The fourth-order valence-electron chi connectivity index (χ4n) is 3.52. The highest BCUT2D eigenvalue weighted by Crippen LogP contribution is 2.14. The second kappa shape index (κ2) is 23.0. The number of unbranched alkanes of at least 4 members (excludes halogenated alkanes) is 21. The Morgan fingerprint density at radius 1 is 0.333 bits per heavy atom. The van der Waals surface area contributed by atoms with Gasteiger partial charge in [-0.25, -0.2) is 0 Å². The first-order chi connectivity index (χ1) is 11.9. The van der Waals surface area contributed by atoms with E-state index in [0.29, 0.717) is 0 Å². The van der Waals surface area contributed by atoms with Gasteiger partial charge >= 0.3 is 0 Å². The Hall–Kier alpha value is 0. The minimum absolute atomic E-state index is 1.36. The fourth-order valence-corrected chi connectivity index (χ4v) is 3.52. The van der Waals surface area contributed by atoms with Gasteiger partial charge in [0.2, 0.25) is 0 Å². The van der Waals surface area contributed by atoms with Crippen molar-refractivity contribution in [3.8, 4) is 0 Å². The molecule has 0 atom stereocenters. The largest absolute Gasteiger partial charge is 0.0654 e. The van der Waals surface area contributed by atoms with E-state index in [4.69, 9.17) is 0 Å². The third-order valence-corrected chi connectivity index (χ3v) is 5.27. The van der Waals surface area contributed by atoms with E-state index in [1.807, 2.05) is 0 Å². The molecule has 145 valence electrons. The molecule has 0 saturated heterocycles. The van der Waals surface area contributed by atoms with Crippen LogP contribution >= 0.6 is 0 Å². The summed E-state index contributed by atoms with van der Waals surface area (Å²) >= 11 is 0. The van der Waals surface area contributed by atoms with Crippen LogP contribution in [0.1, 0.15) is 149 Å². The molecule has 0 unspecified atom stereocenters. The van der Waals surface area contributed by atoms with Crippen LogP contribution in [0.3, 0.4) is 0 Å². The predicted octanol–water partition coefficient (Wildman–Crippen LogP) is 9.42. The Labute approximate surface area is 155 Å². The molecular formula is C24H49. The Kier molecular flexibility index (Phi) is 23.0. The molecule has 0 aromatic rings. The summed E-state index contributed by atoms with van der Waals surface area (Å²) in [4.78, 5) is 0. The van der Waals surface area contributed by atoms with Crippen LogP contribution in [0.15, 0.2) is 0 Å². The summed E-state index contributed by atoms with van der Waals surface area (Å²) in [5, 5.41) is 0. The fraction of sp³-hybridized carbons (Fsp3) is 0.958. The molecule has 0 aromatic carbocycles. The zero-order valence-corrected chi connectivity index (χ0v) is 17.4. The van der Waals surface area contributed by atoms with Crippen molar-refractivity contribution in [1.29, 1.82) is 0 Å². The first-order valence-corrected chi connectivity index (χ1v) is 11.7. The second-order valence-corrected chi connectivity index (χ2v) is 7.88. The van der Waals surface area contributed by atoms with Crippen molar-refractivity contribution in [1.82, 2.24) is 0 Å². The molecule has 1 radical (unpaired) electrons. The zero-order chi connectivity index (χ0) is 17.6. The second-order valence-electron chi connectivity index (χ2n) is 7.88. The van der Waals surface area contributed by atoms with Crippen LogP contribution in [0.4, 0.5) is 0 Å². The van der Waals surface area contributed by atoms with Crippen molar-refractivity contribution in [3.63, 3.8) is 0 Å². The van der Waals surface area contributed by atoms with Crippen LogP contribution in [0.5, 0.6) is 0 Å². The maximum absolute atomic E-state index is 2.55. The lowest BCUT2D eigenvalue weighted by Gasteiger charge is -2.04. The summed E-state index contributed by atoms with van der Waals surface area (Å²) in [6, 6.07) is 0. The van der Waals surface area contributed by atoms with Gasteiger partial charge in [0, 0.05) is 0 Å². The summed E-state index contributed by atoms with van der Waals surface area (Å²) in [5.41, 5.74) is 0. The van der Waals surface area contributed by atoms with Gasteiger partial charge in [0.05, 0.1) is 0 Å². The quantitative estimate of drug-likeness (QED) is 0.183. The van der Waals surface area contributed by atoms with E-state index in [1.54, 1.807) is 0 Å². The summed E-state index contributed by atoms with van der Waals surface area (Å²) in [6.07, 6.45) is 32.9. The lowest BCUT2D eigenvalue weighted by molar-refractivity contribution is 0.533. The molecule has 0 spiro atoms. The van der Waals surface area contributed by atoms with Crippen molar-refractivity contribution in [3.05, 3.63) is 6.42 Å². The minimum atomic E-state index is 1.36. The van der Waals surface area contributed by atoms with E-state index in [0.717, 1.165) is 0 Å². The van der Waals surface area contributed by atoms with Crippen LogP contribution in [0.25, 0.3) is 0 Å². The highest BCUT2D eigenvalue weighted by atomic mass is 14.0. The molecule has 0 amide bonds. The Balaban J connectivity index is 2.93. The molecule has 0 nitrogen and oxygen atoms in total. The molecule has 0 N–H and O–H groups in total. The maximum atomic E-state index is 2.55. The SMILES string of the molecule is CCCCCCC[CH]CCCCCCCCCCCCCCCC. The molecule has 0 saturated carbocycles. The molecule has 0 rings (SSSR count). The van der Waals surface area contributed by atoms with Gasteiger partial charge in [-0.05, 0) is 6.42 Å². The smallest absolute Gasteiger partial charge is 0.0386 e. The van der Waals surface area contributed by atoms with Gasteiger partial charge in [-0.1, -0.05) is 149 Å². The molecule has 0 aromatic heterocycles. The van der Waals surface area contributed by atoms with Crippen LogP contribution < -0.4 is 0 Å². The van der Waals surface area contributed by atoms with E-state index in [-0.39, 0.29) is 0 Å². The minimum Gasteiger partial charge on any atom is -0.0654 e. The van der Waals surface area contributed by atoms with E-state index in [2.05, 4.69) is 20.3 Å². The Bertz CT molecular complexity index is 174. The van der Waals surface area contributed by atoms with Gasteiger partial charge in [0.1, 0.15) is 0 Å². The van der Waals surface area contributed by atoms with Crippen molar-refractivity contribution in [2.45, 2.75) is 149 Å². The van der Waals surface area contributed by atoms with E-state index in [1.165, 1.54) is 135 Å². The number of hydrogen-bond acceptors (Lipinski definition) is 0.